The Bertz CT molecular complexity index is 552. The van der Waals surface area contributed by atoms with Crippen molar-refractivity contribution in [2.45, 2.75) is 10.6 Å². The highest BCUT2D eigenvalue weighted by molar-refractivity contribution is 7.98. The summed E-state index contributed by atoms with van der Waals surface area (Å²) in [5.41, 5.74) is 3.16. The predicted molar refractivity (Wildman–Crippen MR) is 78.5 cm³/mol. The lowest BCUT2D eigenvalue weighted by Crippen LogP contribution is -2.29. The van der Waals surface area contributed by atoms with Crippen molar-refractivity contribution in [2.75, 3.05) is 7.11 Å². The van der Waals surface area contributed by atoms with E-state index in [0.717, 1.165) is 22.0 Å². The van der Waals surface area contributed by atoms with E-state index < -0.39 is 0 Å². The molecule has 0 saturated heterocycles. The van der Waals surface area contributed by atoms with Crippen molar-refractivity contribution in [3.63, 3.8) is 0 Å². The quantitative estimate of drug-likeness (QED) is 0.385. The molecule has 0 aliphatic rings. The first-order valence-corrected chi connectivity index (χ1v) is 7.45. The zero-order valence-corrected chi connectivity index (χ0v) is 12.0. The third kappa shape index (κ3) is 3.50. The van der Waals surface area contributed by atoms with Gasteiger partial charge in [-0.05, 0) is 41.3 Å². The summed E-state index contributed by atoms with van der Waals surface area (Å²) in [4.78, 5) is 13.3. The third-order valence-corrected chi connectivity index (χ3v) is 4.55. The Morgan fingerprint density at radius 3 is 2.74 bits per heavy atom. The summed E-state index contributed by atoms with van der Waals surface area (Å²) < 4.78 is 5.11. The van der Waals surface area contributed by atoms with Crippen LogP contribution in [0.3, 0.4) is 0 Å². The van der Waals surface area contributed by atoms with Crippen LogP contribution in [0, 0.1) is 0 Å². The second kappa shape index (κ2) is 6.60. The number of hydrogen-bond donors (Lipinski definition) is 2. The van der Waals surface area contributed by atoms with Crippen molar-refractivity contribution < 1.29 is 9.53 Å². The van der Waals surface area contributed by atoms with Gasteiger partial charge in [0, 0.05) is 10.6 Å². The maximum absolute atomic E-state index is 11.5. The Kier molecular flexibility index (Phi) is 4.84. The van der Waals surface area contributed by atoms with Crippen LogP contribution in [0.1, 0.15) is 15.2 Å². The normalized spacial score (nSPS) is 10.2. The molecule has 0 aliphatic carbocycles. The van der Waals surface area contributed by atoms with Crippen LogP contribution < -0.4 is 16.0 Å². The molecule has 100 valence electrons. The number of benzene rings is 1. The number of carbonyl (C=O) groups is 1. The molecule has 0 bridgehead atoms. The van der Waals surface area contributed by atoms with Gasteiger partial charge in [-0.1, -0.05) is 0 Å². The van der Waals surface area contributed by atoms with Crippen molar-refractivity contribution in [2.24, 2.45) is 5.84 Å². The van der Waals surface area contributed by atoms with E-state index in [1.165, 1.54) is 11.3 Å². The summed E-state index contributed by atoms with van der Waals surface area (Å²) in [6.07, 6.45) is 0. The van der Waals surface area contributed by atoms with Gasteiger partial charge in [0.25, 0.3) is 5.91 Å². The lowest BCUT2D eigenvalue weighted by Gasteiger charge is -2.04. The van der Waals surface area contributed by atoms with Gasteiger partial charge in [0.05, 0.1) is 12.0 Å². The molecule has 0 spiro atoms. The molecule has 19 heavy (non-hydrogen) atoms. The fourth-order valence-corrected chi connectivity index (χ4v) is 3.36. The van der Waals surface area contributed by atoms with Gasteiger partial charge < -0.3 is 4.74 Å². The maximum atomic E-state index is 11.5. The van der Waals surface area contributed by atoms with Gasteiger partial charge in [0.1, 0.15) is 5.75 Å². The Balaban J connectivity index is 2.02. The highest BCUT2D eigenvalue weighted by Gasteiger charge is 2.11. The largest absolute Gasteiger partial charge is 0.497 e. The molecule has 0 radical (unpaired) electrons. The molecule has 0 atom stereocenters. The lowest BCUT2D eigenvalue weighted by atomic mass is 10.3. The number of nitrogen functional groups attached to an aromatic ring is 1. The van der Waals surface area contributed by atoms with Crippen LogP contribution >= 0.6 is 23.1 Å². The van der Waals surface area contributed by atoms with Crippen LogP contribution in [0.25, 0.3) is 0 Å². The van der Waals surface area contributed by atoms with Gasteiger partial charge in [-0.2, -0.15) is 0 Å². The molecule has 0 unspecified atom stereocenters. The van der Waals surface area contributed by atoms with Gasteiger partial charge in [0.2, 0.25) is 0 Å². The van der Waals surface area contributed by atoms with Gasteiger partial charge >= 0.3 is 0 Å². The highest BCUT2D eigenvalue weighted by atomic mass is 32.2. The van der Waals surface area contributed by atoms with Crippen molar-refractivity contribution >= 4 is 29.0 Å². The summed E-state index contributed by atoms with van der Waals surface area (Å²) in [5.74, 6) is 6.49. The van der Waals surface area contributed by atoms with E-state index >= 15 is 0 Å². The molecule has 6 heteroatoms. The monoisotopic (exact) mass is 294 g/mol. The van der Waals surface area contributed by atoms with Crippen LogP contribution in [-0.4, -0.2) is 13.0 Å². The lowest BCUT2D eigenvalue weighted by molar-refractivity contribution is 0.0957. The van der Waals surface area contributed by atoms with Crippen molar-refractivity contribution in [1.29, 1.82) is 0 Å². The molecule has 2 rings (SSSR count). The fraction of sp³-hybridized carbons (Fsp3) is 0.154. The number of methoxy groups -OCH3 is 1. The number of hydrazine groups is 1. The first kappa shape index (κ1) is 13.9. The second-order valence-electron chi connectivity index (χ2n) is 3.71. The molecule has 1 heterocycles. The first-order valence-electron chi connectivity index (χ1n) is 5.58. The Morgan fingerprint density at radius 2 is 2.11 bits per heavy atom. The fourth-order valence-electron chi connectivity index (χ4n) is 1.55. The minimum Gasteiger partial charge on any atom is -0.497 e. The molecule has 0 aliphatic heterocycles. The Labute approximate surface area is 119 Å². The number of amides is 1. The van der Waals surface area contributed by atoms with Crippen LogP contribution in [0.15, 0.2) is 40.6 Å². The summed E-state index contributed by atoms with van der Waals surface area (Å²) in [6, 6.07) is 9.79. The number of ether oxygens (including phenoxy) is 1. The Hall–Kier alpha value is -1.50. The standard InChI is InChI=1S/C13H14N2O2S2/c1-17-10-2-4-11(5-3-10)19-8-9-6-7-18-12(9)13(16)15-14/h2-7H,8,14H2,1H3,(H,15,16). The molecular weight excluding hydrogens is 280 g/mol. The van der Waals surface area contributed by atoms with Gasteiger partial charge in [-0.15, -0.1) is 23.1 Å². The zero-order valence-electron chi connectivity index (χ0n) is 10.4. The molecule has 0 saturated carbocycles. The summed E-state index contributed by atoms with van der Waals surface area (Å²) in [5, 5.41) is 1.90. The number of rotatable bonds is 5. The number of nitrogens with one attached hydrogen (secondary N) is 1. The average Bonchev–Trinajstić information content (AvgIpc) is 2.93. The molecule has 3 N–H and O–H groups in total. The van der Waals surface area contributed by atoms with E-state index in [0.29, 0.717) is 4.88 Å². The highest BCUT2D eigenvalue weighted by Crippen LogP contribution is 2.28. The number of thioether (sulfide) groups is 1. The average molecular weight is 294 g/mol. The van der Waals surface area contributed by atoms with E-state index in [-0.39, 0.29) is 5.91 Å². The summed E-state index contributed by atoms with van der Waals surface area (Å²) >= 11 is 3.07. The van der Waals surface area contributed by atoms with Crippen molar-refractivity contribution in [3.8, 4) is 5.75 Å². The minimum atomic E-state index is -0.236. The first-order chi connectivity index (χ1) is 9.24. The predicted octanol–water partition coefficient (Wildman–Crippen LogP) is 2.65. The topological polar surface area (TPSA) is 64.3 Å². The van der Waals surface area contributed by atoms with E-state index in [9.17, 15) is 4.79 Å². The van der Waals surface area contributed by atoms with Crippen LogP contribution in [0.2, 0.25) is 0 Å². The van der Waals surface area contributed by atoms with Crippen molar-refractivity contribution in [3.05, 3.63) is 46.2 Å². The SMILES string of the molecule is COc1ccc(SCc2ccsc2C(=O)NN)cc1. The van der Waals surface area contributed by atoms with Crippen molar-refractivity contribution in [1.82, 2.24) is 5.43 Å². The number of carbonyl (C=O) groups excluding carboxylic acids is 1. The van der Waals surface area contributed by atoms with Gasteiger partial charge in [0.15, 0.2) is 0 Å². The zero-order chi connectivity index (χ0) is 13.7. The molecular formula is C13H14N2O2S2. The summed E-state index contributed by atoms with van der Waals surface area (Å²) in [6.45, 7) is 0. The molecule has 4 nitrogen and oxygen atoms in total. The molecule has 0 fully saturated rings. The molecule has 1 amide bonds. The maximum Gasteiger partial charge on any atom is 0.275 e. The Morgan fingerprint density at radius 1 is 1.37 bits per heavy atom. The van der Waals surface area contributed by atoms with E-state index in [1.807, 2.05) is 35.7 Å². The molecule has 2 aromatic rings. The number of hydrogen-bond acceptors (Lipinski definition) is 5. The third-order valence-electron chi connectivity index (χ3n) is 2.54. The second-order valence-corrected chi connectivity index (χ2v) is 5.68. The van der Waals surface area contributed by atoms with Crippen LogP contribution in [0.4, 0.5) is 0 Å². The van der Waals surface area contributed by atoms with Gasteiger partial charge in [-0.25, -0.2) is 5.84 Å². The van der Waals surface area contributed by atoms with Gasteiger partial charge in [-0.3, -0.25) is 10.2 Å². The van der Waals surface area contributed by atoms with E-state index in [4.69, 9.17) is 10.6 Å². The molecule has 1 aromatic carbocycles. The smallest absolute Gasteiger partial charge is 0.275 e. The number of thiophene rings is 1. The number of nitrogens with two attached hydrogens (primary N) is 1. The van der Waals surface area contributed by atoms with E-state index in [1.54, 1.807) is 18.9 Å². The van der Waals surface area contributed by atoms with Crippen LogP contribution in [-0.2, 0) is 5.75 Å². The minimum absolute atomic E-state index is 0.236. The van der Waals surface area contributed by atoms with E-state index in [2.05, 4.69) is 5.43 Å². The van der Waals surface area contributed by atoms with Crippen LogP contribution in [0.5, 0.6) is 5.75 Å². The molecule has 1 aromatic heterocycles. The summed E-state index contributed by atoms with van der Waals surface area (Å²) in [7, 11) is 1.64.